The van der Waals surface area contributed by atoms with Gasteiger partial charge >= 0.3 is 5.97 Å². The summed E-state index contributed by atoms with van der Waals surface area (Å²) in [6.45, 7) is 0.478. The van der Waals surface area contributed by atoms with Gasteiger partial charge in [-0.1, -0.05) is 36.4 Å². The van der Waals surface area contributed by atoms with E-state index in [2.05, 4.69) is 10.2 Å². The molecule has 4 aromatic rings. The van der Waals surface area contributed by atoms with E-state index in [1.54, 1.807) is 0 Å². The van der Waals surface area contributed by atoms with Crippen LogP contribution in [0.15, 0.2) is 75.4 Å². The summed E-state index contributed by atoms with van der Waals surface area (Å²) in [6, 6.07) is 17.4. The molecule has 1 aliphatic heterocycles. The number of esters is 1. The Morgan fingerprint density at radius 1 is 1.06 bits per heavy atom. The molecule has 0 fully saturated rings. The van der Waals surface area contributed by atoms with Gasteiger partial charge in [0.1, 0.15) is 0 Å². The summed E-state index contributed by atoms with van der Waals surface area (Å²) in [5, 5.41) is 9.72. The summed E-state index contributed by atoms with van der Waals surface area (Å²) in [5.74, 6) is -0.165. The number of thiophene rings is 1. The van der Waals surface area contributed by atoms with Crippen LogP contribution in [0.25, 0.3) is 10.8 Å². The third-order valence-electron chi connectivity index (χ3n) is 5.33. The zero-order chi connectivity index (χ0) is 22.8. The maximum Gasteiger partial charge on any atom is 0.338 e. The molecule has 0 unspecified atom stereocenters. The summed E-state index contributed by atoms with van der Waals surface area (Å²) < 4.78 is 38.6. The molecule has 0 aliphatic carbocycles. The molecule has 0 radical (unpaired) electrons. The Kier molecular flexibility index (Phi) is 5.79. The summed E-state index contributed by atoms with van der Waals surface area (Å²) in [6.07, 6.45) is 0.648. The highest BCUT2D eigenvalue weighted by Crippen LogP contribution is 2.26. The van der Waals surface area contributed by atoms with Crippen molar-refractivity contribution in [1.29, 1.82) is 0 Å². The third kappa shape index (κ3) is 4.45. The van der Waals surface area contributed by atoms with Gasteiger partial charge in [0.05, 0.1) is 15.3 Å². The van der Waals surface area contributed by atoms with Crippen molar-refractivity contribution in [2.24, 2.45) is 0 Å². The number of fused-ring (bicyclic) bond motifs is 1. The maximum absolute atomic E-state index is 13.2. The van der Waals surface area contributed by atoms with Crippen molar-refractivity contribution in [3.05, 3.63) is 88.6 Å². The van der Waals surface area contributed by atoms with Crippen molar-refractivity contribution in [1.82, 2.24) is 14.5 Å². The van der Waals surface area contributed by atoms with Crippen molar-refractivity contribution < 1.29 is 22.4 Å². The smallest absolute Gasteiger partial charge is 0.338 e. The highest BCUT2D eigenvalue weighted by Gasteiger charge is 2.29. The van der Waals surface area contributed by atoms with E-state index in [-0.39, 0.29) is 23.0 Å². The second-order valence-corrected chi connectivity index (χ2v) is 10.3. The SMILES string of the molecule is O=C(OCc1nnc(-c2cccs2)o1)c1cccc(S(=O)(=O)N2CCc3ccccc3C2)c1. The van der Waals surface area contributed by atoms with Crippen LogP contribution in [0.3, 0.4) is 0 Å². The molecule has 2 aromatic carbocycles. The zero-order valence-corrected chi connectivity index (χ0v) is 19.0. The minimum atomic E-state index is -3.76. The first-order valence-corrected chi connectivity index (χ1v) is 12.5. The lowest BCUT2D eigenvalue weighted by atomic mass is 10.0. The van der Waals surface area contributed by atoms with Gasteiger partial charge in [-0.15, -0.1) is 21.5 Å². The topological polar surface area (TPSA) is 103 Å². The van der Waals surface area contributed by atoms with E-state index in [4.69, 9.17) is 9.15 Å². The van der Waals surface area contributed by atoms with Crippen LogP contribution >= 0.6 is 11.3 Å². The normalized spacial score (nSPS) is 14.1. The van der Waals surface area contributed by atoms with Crippen LogP contribution in [0.4, 0.5) is 0 Å². The molecule has 8 nitrogen and oxygen atoms in total. The Bertz CT molecular complexity index is 1400. The fraction of sp³-hybridized carbons (Fsp3) is 0.174. The number of ether oxygens (including phenoxy) is 1. The third-order valence-corrected chi connectivity index (χ3v) is 8.03. The Hall–Kier alpha value is -3.34. The molecule has 0 saturated heterocycles. The van der Waals surface area contributed by atoms with Crippen LogP contribution in [0.1, 0.15) is 27.4 Å². The van der Waals surface area contributed by atoms with E-state index in [1.807, 2.05) is 41.8 Å². The maximum atomic E-state index is 13.2. The lowest BCUT2D eigenvalue weighted by molar-refractivity contribution is 0.0438. The molecule has 0 atom stereocenters. The van der Waals surface area contributed by atoms with Gasteiger partial charge in [0.2, 0.25) is 10.0 Å². The molecule has 33 heavy (non-hydrogen) atoms. The Labute approximate surface area is 194 Å². The van der Waals surface area contributed by atoms with E-state index in [1.165, 1.54) is 39.9 Å². The van der Waals surface area contributed by atoms with Crippen molar-refractivity contribution in [2.75, 3.05) is 6.54 Å². The van der Waals surface area contributed by atoms with Gasteiger partial charge < -0.3 is 9.15 Å². The predicted molar refractivity (Wildman–Crippen MR) is 121 cm³/mol. The number of sulfonamides is 1. The van der Waals surface area contributed by atoms with Gasteiger partial charge in [-0.05, 0) is 47.2 Å². The average Bonchev–Trinajstić information content (AvgIpc) is 3.54. The monoisotopic (exact) mass is 481 g/mol. The molecule has 1 aliphatic rings. The largest absolute Gasteiger partial charge is 0.452 e. The fourth-order valence-electron chi connectivity index (χ4n) is 3.63. The van der Waals surface area contributed by atoms with Crippen LogP contribution in [0, 0.1) is 0 Å². The number of benzene rings is 2. The highest BCUT2D eigenvalue weighted by molar-refractivity contribution is 7.89. The van der Waals surface area contributed by atoms with Crippen LogP contribution < -0.4 is 0 Å². The lowest BCUT2D eigenvalue weighted by Crippen LogP contribution is -2.36. The molecule has 2 aromatic heterocycles. The first kappa shape index (κ1) is 21.5. The van der Waals surface area contributed by atoms with Crippen LogP contribution in [0.5, 0.6) is 0 Å². The van der Waals surface area contributed by atoms with Gasteiger partial charge in [0.15, 0.2) is 6.61 Å². The second kappa shape index (κ2) is 8.89. The number of nitrogens with zero attached hydrogens (tertiary/aromatic N) is 3. The second-order valence-electron chi connectivity index (χ2n) is 7.44. The first-order chi connectivity index (χ1) is 16.0. The molecule has 3 heterocycles. The summed E-state index contributed by atoms with van der Waals surface area (Å²) in [7, 11) is -3.76. The molecule has 0 bridgehead atoms. The van der Waals surface area contributed by atoms with Crippen molar-refractivity contribution in [2.45, 2.75) is 24.5 Å². The molecule has 0 amide bonds. The van der Waals surface area contributed by atoms with Gasteiger partial charge in [-0.3, -0.25) is 0 Å². The molecule has 0 spiro atoms. The predicted octanol–water partition coefficient (Wildman–Crippen LogP) is 3.90. The van der Waals surface area contributed by atoms with Gasteiger partial charge in [-0.2, -0.15) is 4.31 Å². The van der Waals surface area contributed by atoms with E-state index >= 15 is 0 Å². The van der Waals surface area contributed by atoms with E-state index in [0.29, 0.717) is 25.4 Å². The van der Waals surface area contributed by atoms with Crippen molar-refractivity contribution in [3.63, 3.8) is 0 Å². The summed E-state index contributed by atoms with van der Waals surface area (Å²) >= 11 is 1.46. The zero-order valence-electron chi connectivity index (χ0n) is 17.4. The number of aromatic nitrogens is 2. The van der Waals surface area contributed by atoms with E-state index in [9.17, 15) is 13.2 Å². The molecular formula is C23H19N3O5S2. The summed E-state index contributed by atoms with van der Waals surface area (Å²) in [4.78, 5) is 13.4. The minimum Gasteiger partial charge on any atom is -0.452 e. The van der Waals surface area contributed by atoms with Gasteiger partial charge in [0, 0.05) is 13.1 Å². The fourth-order valence-corrected chi connectivity index (χ4v) is 5.74. The molecule has 5 rings (SSSR count). The molecule has 0 saturated carbocycles. The van der Waals surface area contributed by atoms with Crippen LogP contribution in [-0.2, 0) is 34.3 Å². The standard InChI is InChI=1S/C23H19N3O5S2/c27-23(30-15-21-24-25-22(31-21)20-9-4-12-32-20)17-7-3-8-19(13-17)33(28,29)26-11-10-16-5-1-2-6-18(16)14-26/h1-9,12-13H,10-11,14-15H2. The van der Waals surface area contributed by atoms with Crippen molar-refractivity contribution in [3.8, 4) is 10.8 Å². The van der Waals surface area contributed by atoms with Crippen molar-refractivity contribution >= 4 is 27.3 Å². The number of rotatable bonds is 6. The van der Waals surface area contributed by atoms with Crippen LogP contribution in [-0.4, -0.2) is 35.4 Å². The first-order valence-electron chi connectivity index (χ1n) is 10.2. The van der Waals surface area contributed by atoms with E-state index < -0.39 is 16.0 Å². The molecule has 168 valence electrons. The van der Waals surface area contributed by atoms with E-state index in [0.717, 1.165) is 16.0 Å². The Morgan fingerprint density at radius 3 is 2.73 bits per heavy atom. The number of carbonyl (C=O) groups is 1. The molecular weight excluding hydrogens is 462 g/mol. The quantitative estimate of drug-likeness (QED) is 0.385. The molecule has 0 N–H and O–H groups in total. The highest BCUT2D eigenvalue weighted by atomic mass is 32.2. The lowest BCUT2D eigenvalue weighted by Gasteiger charge is -2.28. The number of hydrogen-bond donors (Lipinski definition) is 0. The molecule has 10 heteroatoms. The van der Waals surface area contributed by atoms with Gasteiger partial charge in [-0.25, -0.2) is 13.2 Å². The summed E-state index contributed by atoms with van der Waals surface area (Å²) in [5.41, 5.74) is 2.28. The van der Waals surface area contributed by atoms with Crippen LogP contribution in [0.2, 0.25) is 0 Å². The number of hydrogen-bond acceptors (Lipinski definition) is 8. The average molecular weight is 482 g/mol. The van der Waals surface area contributed by atoms with Gasteiger partial charge in [0.25, 0.3) is 11.8 Å². The minimum absolute atomic E-state index is 0.0501. The Morgan fingerprint density at radius 2 is 1.91 bits per heavy atom. The Balaban J connectivity index is 1.28. The number of carbonyl (C=O) groups excluding carboxylic acids is 1.